The van der Waals surface area contributed by atoms with Crippen molar-refractivity contribution < 1.29 is 14.3 Å². The zero-order chi connectivity index (χ0) is 26.4. The van der Waals surface area contributed by atoms with Crippen molar-refractivity contribution in [2.75, 3.05) is 44.7 Å². The van der Waals surface area contributed by atoms with E-state index in [-0.39, 0.29) is 24.4 Å². The minimum Gasteiger partial charge on any atom is -0.497 e. The fourth-order valence-corrected chi connectivity index (χ4v) is 4.45. The van der Waals surface area contributed by atoms with Gasteiger partial charge in [-0.2, -0.15) is 0 Å². The molecule has 0 atom stereocenters. The van der Waals surface area contributed by atoms with Crippen molar-refractivity contribution >= 4 is 29.2 Å². The average molecular weight is 522 g/mol. The van der Waals surface area contributed by atoms with Crippen molar-refractivity contribution in [3.63, 3.8) is 0 Å². The molecule has 2 heterocycles. The van der Waals surface area contributed by atoms with E-state index in [9.17, 15) is 9.59 Å². The summed E-state index contributed by atoms with van der Waals surface area (Å²) in [5, 5.41) is 9.43. The maximum atomic E-state index is 13.2. The summed E-state index contributed by atoms with van der Waals surface area (Å²) in [5.41, 5.74) is 2.23. The number of anilines is 1. The number of benzene rings is 2. The Morgan fingerprint density at radius 3 is 2.46 bits per heavy atom. The van der Waals surface area contributed by atoms with Crippen LogP contribution in [0.2, 0.25) is 5.02 Å². The molecule has 4 rings (SSSR count). The van der Waals surface area contributed by atoms with Crippen LogP contribution in [0.25, 0.3) is 11.3 Å². The summed E-state index contributed by atoms with van der Waals surface area (Å²) in [6.45, 7) is 6.47. The molecule has 1 saturated heterocycles. The molecule has 194 valence electrons. The van der Waals surface area contributed by atoms with E-state index in [0.717, 1.165) is 35.8 Å². The summed E-state index contributed by atoms with van der Waals surface area (Å²) in [4.78, 5) is 31.9. The van der Waals surface area contributed by atoms with Crippen LogP contribution in [0.4, 0.5) is 5.82 Å². The maximum Gasteiger partial charge on any atom is 0.254 e. The number of amides is 2. The van der Waals surface area contributed by atoms with Crippen LogP contribution in [0.5, 0.6) is 5.75 Å². The van der Waals surface area contributed by atoms with Crippen LogP contribution in [0.3, 0.4) is 0 Å². The van der Waals surface area contributed by atoms with Gasteiger partial charge in [0.25, 0.3) is 5.91 Å². The predicted molar refractivity (Wildman–Crippen MR) is 145 cm³/mol. The van der Waals surface area contributed by atoms with Gasteiger partial charge in [-0.3, -0.25) is 9.59 Å². The third kappa shape index (κ3) is 6.57. The van der Waals surface area contributed by atoms with Crippen LogP contribution in [-0.4, -0.2) is 77.7 Å². The molecule has 0 radical (unpaired) electrons. The van der Waals surface area contributed by atoms with Gasteiger partial charge in [0, 0.05) is 48.4 Å². The number of methoxy groups -OCH3 is 1. The number of hydrogen-bond donors (Lipinski definition) is 0. The smallest absolute Gasteiger partial charge is 0.254 e. The number of hydrogen-bond acceptors (Lipinski definition) is 6. The molecule has 1 aromatic heterocycles. The van der Waals surface area contributed by atoms with E-state index < -0.39 is 0 Å². The molecule has 0 saturated carbocycles. The lowest BCUT2D eigenvalue weighted by Crippen LogP contribution is -2.46. The van der Waals surface area contributed by atoms with Gasteiger partial charge in [-0.15, -0.1) is 10.2 Å². The standard InChI is InChI=1S/C28H32ClN5O3/c1-20(2)34(28(36)21-8-10-23(29)11-9-21)19-27(35)33-15-5-14-32(16-17-33)26-13-12-25(30-31-26)22-6-4-7-24(18-22)37-3/h4,6-13,18,20H,5,14-17,19H2,1-3H3. The number of aromatic nitrogens is 2. The Hall–Kier alpha value is -3.65. The molecule has 0 aliphatic carbocycles. The third-order valence-corrected chi connectivity index (χ3v) is 6.72. The lowest BCUT2D eigenvalue weighted by molar-refractivity contribution is -0.132. The Morgan fingerprint density at radius 1 is 1.00 bits per heavy atom. The average Bonchev–Trinajstić information content (AvgIpc) is 3.18. The van der Waals surface area contributed by atoms with E-state index in [2.05, 4.69) is 15.1 Å². The van der Waals surface area contributed by atoms with Gasteiger partial charge in [0.15, 0.2) is 5.82 Å². The van der Waals surface area contributed by atoms with Gasteiger partial charge in [0.05, 0.1) is 12.8 Å². The molecule has 0 spiro atoms. The Balaban J connectivity index is 1.38. The normalized spacial score (nSPS) is 13.9. The molecular formula is C28H32ClN5O3. The fourth-order valence-electron chi connectivity index (χ4n) is 4.32. The predicted octanol–water partition coefficient (Wildman–Crippen LogP) is 4.40. The number of halogens is 1. The Bertz CT molecular complexity index is 1220. The topological polar surface area (TPSA) is 78.9 Å². The molecule has 0 N–H and O–H groups in total. The largest absolute Gasteiger partial charge is 0.497 e. The number of rotatable bonds is 7. The lowest BCUT2D eigenvalue weighted by Gasteiger charge is -2.29. The van der Waals surface area contributed by atoms with Crippen molar-refractivity contribution in [3.05, 3.63) is 71.2 Å². The van der Waals surface area contributed by atoms with Crippen LogP contribution in [0.15, 0.2) is 60.7 Å². The van der Waals surface area contributed by atoms with E-state index in [0.29, 0.717) is 30.2 Å². The van der Waals surface area contributed by atoms with Crippen LogP contribution in [0, 0.1) is 0 Å². The van der Waals surface area contributed by atoms with E-state index in [1.807, 2.05) is 55.1 Å². The van der Waals surface area contributed by atoms with Gasteiger partial charge >= 0.3 is 0 Å². The molecule has 2 aromatic carbocycles. The SMILES string of the molecule is COc1cccc(-c2ccc(N3CCCN(C(=O)CN(C(=O)c4ccc(Cl)cc4)C(C)C)CC3)nn2)c1. The van der Waals surface area contributed by atoms with Gasteiger partial charge in [-0.1, -0.05) is 23.7 Å². The molecule has 0 bridgehead atoms. The highest BCUT2D eigenvalue weighted by Crippen LogP contribution is 2.23. The van der Waals surface area contributed by atoms with Crippen molar-refractivity contribution in [1.29, 1.82) is 0 Å². The minimum absolute atomic E-state index is 0.0359. The van der Waals surface area contributed by atoms with Gasteiger partial charge in [0.2, 0.25) is 5.91 Å². The van der Waals surface area contributed by atoms with Crippen molar-refractivity contribution in [2.24, 2.45) is 0 Å². The highest BCUT2D eigenvalue weighted by molar-refractivity contribution is 6.30. The van der Waals surface area contributed by atoms with Crippen molar-refractivity contribution in [2.45, 2.75) is 26.3 Å². The van der Waals surface area contributed by atoms with Crippen molar-refractivity contribution in [1.82, 2.24) is 20.0 Å². The van der Waals surface area contributed by atoms with E-state index >= 15 is 0 Å². The summed E-state index contributed by atoms with van der Waals surface area (Å²) in [7, 11) is 1.64. The second kappa shape index (κ2) is 12.1. The molecule has 9 heteroatoms. The van der Waals surface area contributed by atoms with Crippen LogP contribution in [0.1, 0.15) is 30.6 Å². The minimum atomic E-state index is -0.178. The molecule has 1 aliphatic heterocycles. The molecule has 37 heavy (non-hydrogen) atoms. The summed E-state index contributed by atoms with van der Waals surface area (Å²) < 4.78 is 5.30. The Morgan fingerprint density at radius 2 is 1.78 bits per heavy atom. The quantitative estimate of drug-likeness (QED) is 0.458. The third-order valence-electron chi connectivity index (χ3n) is 6.47. The zero-order valence-electron chi connectivity index (χ0n) is 21.4. The van der Waals surface area contributed by atoms with Crippen LogP contribution >= 0.6 is 11.6 Å². The van der Waals surface area contributed by atoms with E-state index in [1.54, 1.807) is 36.3 Å². The Labute approximate surface area is 222 Å². The lowest BCUT2D eigenvalue weighted by atomic mass is 10.1. The van der Waals surface area contributed by atoms with Crippen LogP contribution < -0.4 is 9.64 Å². The first-order valence-electron chi connectivity index (χ1n) is 12.4. The number of carbonyl (C=O) groups is 2. The summed E-state index contributed by atoms with van der Waals surface area (Å²) in [6.07, 6.45) is 0.803. The molecule has 3 aromatic rings. The number of carbonyl (C=O) groups excluding carboxylic acids is 2. The zero-order valence-corrected chi connectivity index (χ0v) is 22.2. The number of nitrogens with zero attached hydrogens (tertiary/aromatic N) is 5. The van der Waals surface area contributed by atoms with Crippen LogP contribution in [-0.2, 0) is 4.79 Å². The molecule has 0 unspecified atom stereocenters. The van der Waals surface area contributed by atoms with Gasteiger partial charge in [-0.05, 0) is 68.8 Å². The summed E-state index contributed by atoms with van der Waals surface area (Å²) >= 11 is 5.96. The van der Waals surface area contributed by atoms with Crippen molar-refractivity contribution in [3.8, 4) is 17.0 Å². The van der Waals surface area contributed by atoms with Gasteiger partial charge in [0.1, 0.15) is 12.3 Å². The summed E-state index contributed by atoms with van der Waals surface area (Å²) in [6, 6.07) is 18.3. The van der Waals surface area contributed by atoms with E-state index in [4.69, 9.17) is 16.3 Å². The van der Waals surface area contributed by atoms with E-state index in [1.165, 1.54) is 0 Å². The highest BCUT2D eigenvalue weighted by atomic mass is 35.5. The first-order valence-corrected chi connectivity index (χ1v) is 12.8. The molecule has 8 nitrogen and oxygen atoms in total. The first-order chi connectivity index (χ1) is 17.9. The molecule has 2 amide bonds. The van der Waals surface area contributed by atoms with Gasteiger partial charge in [-0.25, -0.2) is 0 Å². The maximum absolute atomic E-state index is 13.2. The highest BCUT2D eigenvalue weighted by Gasteiger charge is 2.26. The second-order valence-electron chi connectivity index (χ2n) is 9.26. The fraction of sp³-hybridized carbons (Fsp3) is 0.357. The first kappa shape index (κ1) is 26.4. The molecule has 1 fully saturated rings. The Kier molecular flexibility index (Phi) is 8.61. The molecule has 1 aliphatic rings. The van der Waals surface area contributed by atoms with Gasteiger partial charge < -0.3 is 19.4 Å². The summed E-state index contributed by atoms with van der Waals surface area (Å²) in [5.74, 6) is 1.31. The number of ether oxygens (including phenoxy) is 1. The second-order valence-corrected chi connectivity index (χ2v) is 9.70. The molecular weight excluding hydrogens is 490 g/mol. The monoisotopic (exact) mass is 521 g/mol.